The Kier molecular flexibility index (Phi) is 6.56. The maximum Gasteiger partial charge on any atom is 0.244 e. The fraction of sp³-hybridized carbons (Fsp3) is 0.261. The van der Waals surface area contributed by atoms with Crippen LogP contribution in [-0.2, 0) is 26.2 Å². The van der Waals surface area contributed by atoms with E-state index in [-0.39, 0.29) is 17.9 Å². The van der Waals surface area contributed by atoms with Crippen LogP contribution in [0.4, 0.5) is 0 Å². The number of likely N-dealkylation sites (tertiary alicyclic amines) is 1. The molecule has 0 unspecified atom stereocenters. The standard InChI is InChI=1S/C23H22N4O5S2/c1-32-18-4-2-16-3-5-20(10-17(16)9-18)34(30,31)27(13-22(25)28)21-6-7-26(23(21)29)12-19-8-15(11-24)14-33-19/h2-5,8-10,14,21H,6-7,12-13H2,1H3,(H2,25,28)/t21-/m0/s1. The molecule has 1 aliphatic heterocycles. The number of fused-ring (bicyclic) bond motifs is 1. The van der Waals surface area contributed by atoms with Crippen LogP contribution in [0.5, 0.6) is 5.75 Å². The Morgan fingerprint density at radius 3 is 2.71 bits per heavy atom. The van der Waals surface area contributed by atoms with Crippen LogP contribution in [0, 0.1) is 11.3 Å². The molecule has 0 spiro atoms. The van der Waals surface area contributed by atoms with E-state index in [9.17, 15) is 18.0 Å². The van der Waals surface area contributed by atoms with Crippen molar-refractivity contribution in [3.63, 3.8) is 0 Å². The normalized spacial score (nSPS) is 16.2. The lowest BCUT2D eigenvalue weighted by atomic mass is 10.1. The number of primary amides is 1. The van der Waals surface area contributed by atoms with E-state index in [2.05, 4.69) is 6.07 Å². The number of ether oxygens (including phenoxy) is 1. The lowest BCUT2D eigenvalue weighted by molar-refractivity contribution is -0.131. The quantitative estimate of drug-likeness (QED) is 0.505. The zero-order valence-electron chi connectivity index (χ0n) is 18.3. The first-order valence-corrected chi connectivity index (χ1v) is 12.7. The number of methoxy groups -OCH3 is 1. The van der Waals surface area contributed by atoms with Crippen molar-refractivity contribution in [1.82, 2.24) is 9.21 Å². The summed E-state index contributed by atoms with van der Waals surface area (Å²) in [6.45, 7) is -0.0226. The van der Waals surface area contributed by atoms with Crippen molar-refractivity contribution < 1.29 is 22.7 Å². The van der Waals surface area contributed by atoms with Gasteiger partial charge in [-0.05, 0) is 47.5 Å². The number of carbonyl (C=O) groups is 2. The predicted octanol–water partition coefficient (Wildman–Crippen LogP) is 2.06. The van der Waals surface area contributed by atoms with Crippen molar-refractivity contribution in [2.24, 2.45) is 5.73 Å². The zero-order chi connectivity index (χ0) is 24.5. The Balaban J connectivity index is 1.64. The molecule has 176 valence electrons. The second kappa shape index (κ2) is 9.42. The van der Waals surface area contributed by atoms with E-state index in [1.807, 2.05) is 6.07 Å². The van der Waals surface area contributed by atoms with Gasteiger partial charge in [0, 0.05) is 16.8 Å². The molecule has 2 amide bonds. The largest absolute Gasteiger partial charge is 0.497 e. The number of carbonyl (C=O) groups excluding carboxylic acids is 2. The molecular weight excluding hydrogens is 476 g/mol. The molecule has 0 saturated carbocycles. The SMILES string of the molecule is COc1ccc2ccc(S(=O)(=O)N(CC(N)=O)[C@H]3CCN(Cc4cc(C#N)cs4)C3=O)cc2c1. The van der Waals surface area contributed by atoms with Crippen LogP contribution >= 0.6 is 11.3 Å². The van der Waals surface area contributed by atoms with Crippen LogP contribution in [0.15, 0.2) is 52.7 Å². The van der Waals surface area contributed by atoms with Gasteiger partial charge in [0.15, 0.2) is 0 Å². The summed E-state index contributed by atoms with van der Waals surface area (Å²) in [5.74, 6) is -0.681. The Hall–Kier alpha value is -3.46. The molecule has 0 radical (unpaired) electrons. The van der Waals surface area contributed by atoms with Gasteiger partial charge in [-0.15, -0.1) is 11.3 Å². The summed E-state index contributed by atoms with van der Waals surface area (Å²) in [5, 5.41) is 12.2. The maximum atomic E-state index is 13.6. The first-order chi connectivity index (χ1) is 16.2. The summed E-state index contributed by atoms with van der Waals surface area (Å²) in [7, 11) is -2.70. The lowest BCUT2D eigenvalue weighted by Gasteiger charge is -2.26. The molecule has 3 aromatic rings. The summed E-state index contributed by atoms with van der Waals surface area (Å²) in [4.78, 5) is 27.3. The minimum Gasteiger partial charge on any atom is -0.497 e. The third-order valence-electron chi connectivity index (χ3n) is 5.68. The van der Waals surface area contributed by atoms with Gasteiger partial charge in [0.1, 0.15) is 17.9 Å². The molecule has 1 aromatic heterocycles. The van der Waals surface area contributed by atoms with Gasteiger partial charge in [-0.3, -0.25) is 9.59 Å². The van der Waals surface area contributed by atoms with E-state index >= 15 is 0 Å². The summed E-state index contributed by atoms with van der Waals surface area (Å²) < 4.78 is 33.3. The van der Waals surface area contributed by atoms with Crippen LogP contribution in [0.2, 0.25) is 0 Å². The summed E-state index contributed by atoms with van der Waals surface area (Å²) in [5.41, 5.74) is 5.88. The van der Waals surface area contributed by atoms with Gasteiger partial charge in [-0.2, -0.15) is 9.57 Å². The fourth-order valence-corrected chi connectivity index (χ4v) is 6.44. The maximum absolute atomic E-state index is 13.6. The van der Waals surface area contributed by atoms with Crippen LogP contribution in [0.25, 0.3) is 10.8 Å². The van der Waals surface area contributed by atoms with Crippen molar-refractivity contribution in [3.05, 3.63) is 58.3 Å². The van der Waals surface area contributed by atoms with Crippen molar-refractivity contribution in [2.75, 3.05) is 20.2 Å². The van der Waals surface area contributed by atoms with Crippen LogP contribution < -0.4 is 10.5 Å². The minimum absolute atomic E-state index is 0.0438. The van der Waals surface area contributed by atoms with E-state index in [4.69, 9.17) is 15.7 Å². The molecule has 9 nitrogen and oxygen atoms in total. The van der Waals surface area contributed by atoms with E-state index in [1.165, 1.54) is 35.5 Å². The molecule has 0 bridgehead atoms. The number of sulfonamides is 1. The number of amides is 2. The molecule has 0 aliphatic carbocycles. The monoisotopic (exact) mass is 498 g/mol. The van der Waals surface area contributed by atoms with Gasteiger partial charge in [0.2, 0.25) is 21.8 Å². The molecule has 34 heavy (non-hydrogen) atoms. The molecule has 1 fully saturated rings. The van der Waals surface area contributed by atoms with Gasteiger partial charge < -0.3 is 15.4 Å². The highest BCUT2D eigenvalue weighted by atomic mass is 32.2. The topological polar surface area (TPSA) is 134 Å². The fourth-order valence-electron chi connectivity index (χ4n) is 4.00. The van der Waals surface area contributed by atoms with E-state index < -0.39 is 34.4 Å². The molecule has 1 saturated heterocycles. The molecular formula is C23H22N4O5S2. The molecule has 11 heteroatoms. The Labute approximate surface area is 201 Å². The highest BCUT2D eigenvalue weighted by Gasteiger charge is 2.42. The van der Waals surface area contributed by atoms with E-state index in [0.717, 1.165) is 14.6 Å². The molecule has 4 rings (SSSR count). The van der Waals surface area contributed by atoms with Crippen LogP contribution in [-0.4, -0.2) is 55.7 Å². The van der Waals surface area contributed by atoms with Gasteiger partial charge in [-0.1, -0.05) is 12.1 Å². The number of nitriles is 1. The second-order valence-electron chi connectivity index (χ2n) is 7.87. The summed E-state index contributed by atoms with van der Waals surface area (Å²) in [6, 6.07) is 12.6. The number of hydrogen-bond acceptors (Lipinski definition) is 7. The average molecular weight is 499 g/mol. The Morgan fingerprint density at radius 2 is 2.03 bits per heavy atom. The zero-order valence-corrected chi connectivity index (χ0v) is 19.9. The smallest absolute Gasteiger partial charge is 0.244 e. The number of hydrogen-bond donors (Lipinski definition) is 1. The lowest BCUT2D eigenvalue weighted by Crippen LogP contribution is -2.48. The van der Waals surface area contributed by atoms with Gasteiger partial charge in [-0.25, -0.2) is 8.42 Å². The summed E-state index contributed by atoms with van der Waals surface area (Å²) in [6.07, 6.45) is 0.225. The Morgan fingerprint density at radius 1 is 1.26 bits per heavy atom. The van der Waals surface area contributed by atoms with Crippen molar-refractivity contribution in [2.45, 2.75) is 23.9 Å². The minimum atomic E-state index is -4.22. The molecule has 2 heterocycles. The van der Waals surface area contributed by atoms with Crippen LogP contribution in [0.1, 0.15) is 16.9 Å². The number of nitrogens with two attached hydrogens (primary N) is 1. The van der Waals surface area contributed by atoms with Crippen LogP contribution in [0.3, 0.4) is 0 Å². The van der Waals surface area contributed by atoms with Crippen molar-refractivity contribution in [1.29, 1.82) is 5.26 Å². The summed E-state index contributed by atoms with van der Waals surface area (Å²) >= 11 is 1.36. The van der Waals surface area contributed by atoms with Crippen molar-refractivity contribution >= 4 is 43.9 Å². The highest BCUT2D eigenvalue weighted by Crippen LogP contribution is 2.29. The molecule has 2 N–H and O–H groups in total. The van der Waals surface area contributed by atoms with Gasteiger partial charge in [0.25, 0.3) is 0 Å². The first-order valence-electron chi connectivity index (χ1n) is 10.4. The number of benzene rings is 2. The Bertz CT molecular complexity index is 1410. The van der Waals surface area contributed by atoms with Gasteiger partial charge in [0.05, 0.1) is 30.7 Å². The predicted molar refractivity (Wildman–Crippen MR) is 126 cm³/mol. The molecule has 2 aromatic carbocycles. The molecule has 1 atom stereocenters. The van der Waals surface area contributed by atoms with E-state index in [0.29, 0.717) is 23.2 Å². The van der Waals surface area contributed by atoms with Gasteiger partial charge >= 0.3 is 0 Å². The number of thiophene rings is 1. The van der Waals surface area contributed by atoms with E-state index in [1.54, 1.807) is 29.6 Å². The molecule has 1 aliphatic rings. The first kappa shape index (κ1) is 23.7. The average Bonchev–Trinajstić information content (AvgIpc) is 3.43. The highest BCUT2D eigenvalue weighted by molar-refractivity contribution is 7.89. The second-order valence-corrected chi connectivity index (χ2v) is 10.8. The third-order valence-corrected chi connectivity index (χ3v) is 8.46. The number of nitrogens with zero attached hydrogens (tertiary/aromatic N) is 3. The number of rotatable bonds is 8. The van der Waals surface area contributed by atoms with Crippen molar-refractivity contribution in [3.8, 4) is 11.8 Å². The third kappa shape index (κ3) is 4.61.